The monoisotopic (exact) mass is 219 g/mol. The maximum Gasteiger partial charge on any atom is 0.335 e. The van der Waals surface area contributed by atoms with Gasteiger partial charge in [0.25, 0.3) is 0 Å². The second kappa shape index (κ2) is 5.12. The van der Waals surface area contributed by atoms with Crippen LogP contribution in [0.25, 0.3) is 0 Å². The van der Waals surface area contributed by atoms with E-state index in [4.69, 9.17) is 5.11 Å². The number of rotatable bonds is 2. The highest BCUT2D eigenvalue weighted by Gasteiger charge is 2.15. The number of carboxylic acids is 1. The van der Waals surface area contributed by atoms with Crippen LogP contribution in [0.5, 0.6) is 0 Å². The van der Waals surface area contributed by atoms with Crippen LogP contribution in [0.1, 0.15) is 41.1 Å². The molecular weight excluding hydrogens is 202 g/mol. The van der Waals surface area contributed by atoms with Gasteiger partial charge in [0.2, 0.25) is 0 Å². The summed E-state index contributed by atoms with van der Waals surface area (Å²) in [5.74, 6) is -0.331. The van der Waals surface area contributed by atoms with Crippen LogP contribution in [0.2, 0.25) is 0 Å². The number of hydrogen-bond donors (Lipinski definition) is 2. The van der Waals surface area contributed by atoms with Gasteiger partial charge >= 0.3 is 5.97 Å². The van der Waals surface area contributed by atoms with Crippen LogP contribution in [0.4, 0.5) is 0 Å². The van der Waals surface area contributed by atoms with Crippen molar-refractivity contribution < 1.29 is 9.90 Å². The zero-order chi connectivity index (χ0) is 11.4. The highest BCUT2D eigenvalue weighted by atomic mass is 16.4. The maximum absolute atomic E-state index is 10.9. The van der Waals surface area contributed by atoms with Crippen molar-refractivity contribution in [1.82, 2.24) is 5.32 Å². The molecule has 1 aliphatic rings. The van der Waals surface area contributed by atoms with Crippen LogP contribution in [0.15, 0.2) is 24.3 Å². The molecule has 16 heavy (non-hydrogen) atoms. The lowest BCUT2D eigenvalue weighted by molar-refractivity contribution is 0.0696. The van der Waals surface area contributed by atoms with Gasteiger partial charge in [-0.05, 0) is 56.0 Å². The van der Waals surface area contributed by atoms with E-state index in [0.717, 1.165) is 25.9 Å². The number of nitrogens with one attached hydrogen (secondary N) is 1. The Bertz CT molecular complexity index is 368. The summed E-state index contributed by atoms with van der Waals surface area (Å²) in [6, 6.07) is 7.36. The van der Waals surface area contributed by atoms with E-state index in [2.05, 4.69) is 5.32 Å². The fourth-order valence-corrected chi connectivity index (χ4v) is 2.28. The predicted octanol–water partition coefficient (Wildman–Crippen LogP) is 2.24. The number of hydrogen-bond acceptors (Lipinski definition) is 2. The molecule has 0 amide bonds. The van der Waals surface area contributed by atoms with Gasteiger partial charge in [0.05, 0.1) is 5.56 Å². The van der Waals surface area contributed by atoms with Crippen molar-refractivity contribution in [2.75, 3.05) is 13.1 Å². The first-order valence-corrected chi connectivity index (χ1v) is 5.81. The van der Waals surface area contributed by atoms with Crippen LogP contribution in [-0.2, 0) is 0 Å². The summed E-state index contributed by atoms with van der Waals surface area (Å²) in [5.41, 5.74) is 1.57. The molecule has 1 saturated heterocycles. The minimum absolute atomic E-state index is 0.398. The van der Waals surface area contributed by atoms with Crippen LogP contribution >= 0.6 is 0 Å². The van der Waals surface area contributed by atoms with Crippen molar-refractivity contribution in [3.8, 4) is 0 Å². The second-order valence-electron chi connectivity index (χ2n) is 4.31. The molecule has 0 spiro atoms. The molecule has 0 unspecified atom stereocenters. The zero-order valence-electron chi connectivity index (χ0n) is 9.28. The zero-order valence-corrected chi connectivity index (χ0v) is 9.28. The van der Waals surface area contributed by atoms with E-state index in [1.165, 1.54) is 12.0 Å². The molecule has 0 saturated carbocycles. The minimum atomic E-state index is -0.839. The standard InChI is InChI=1S/C13H17NO2/c15-13(16)12-4-1-3-11(9-12)10-5-2-7-14-8-6-10/h1,3-4,9-10,14H,2,5-8H2,(H,15,16)/t10-/m1/s1. The average Bonchev–Trinajstić information content (AvgIpc) is 2.57. The van der Waals surface area contributed by atoms with E-state index in [-0.39, 0.29) is 0 Å². The largest absolute Gasteiger partial charge is 0.478 e. The Hall–Kier alpha value is -1.35. The van der Waals surface area contributed by atoms with Gasteiger partial charge in [0.15, 0.2) is 0 Å². The minimum Gasteiger partial charge on any atom is -0.478 e. The molecule has 0 radical (unpaired) electrons. The van der Waals surface area contributed by atoms with E-state index in [1.54, 1.807) is 6.07 Å². The highest BCUT2D eigenvalue weighted by Crippen LogP contribution is 2.26. The fraction of sp³-hybridized carbons (Fsp3) is 0.462. The summed E-state index contributed by atoms with van der Waals surface area (Å²) in [6.45, 7) is 2.11. The summed E-state index contributed by atoms with van der Waals surface area (Å²) in [5, 5.41) is 12.3. The van der Waals surface area contributed by atoms with Crippen molar-refractivity contribution in [3.63, 3.8) is 0 Å². The molecule has 1 aliphatic heterocycles. The molecule has 1 fully saturated rings. The van der Waals surface area contributed by atoms with Gasteiger partial charge < -0.3 is 10.4 Å². The second-order valence-corrected chi connectivity index (χ2v) is 4.31. The maximum atomic E-state index is 10.9. The smallest absolute Gasteiger partial charge is 0.335 e. The Morgan fingerprint density at radius 3 is 3.00 bits per heavy atom. The SMILES string of the molecule is O=C(O)c1cccc([C@@H]2CCCNCC2)c1. The van der Waals surface area contributed by atoms with Crippen LogP contribution in [-0.4, -0.2) is 24.2 Å². The molecule has 0 aromatic heterocycles. The Morgan fingerprint density at radius 2 is 2.19 bits per heavy atom. The van der Waals surface area contributed by atoms with Gasteiger partial charge in [-0.3, -0.25) is 0 Å². The topological polar surface area (TPSA) is 49.3 Å². The summed E-state index contributed by atoms with van der Waals surface area (Å²) in [7, 11) is 0. The van der Waals surface area contributed by atoms with Gasteiger partial charge in [-0.1, -0.05) is 12.1 Å². The molecule has 0 bridgehead atoms. The molecule has 1 heterocycles. The van der Waals surface area contributed by atoms with E-state index in [0.29, 0.717) is 11.5 Å². The molecule has 2 rings (SSSR count). The molecule has 1 aromatic rings. The summed E-state index contributed by atoms with van der Waals surface area (Å²) < 4.78 is 0. The first kappa shape index (κ1) is 11.1. The Balaban J connectivity index is 2.18. The van der Waals surface area contributed by atoms with Crippen LogP contribution < -0.4 is 5.32 Å². The molecular formula is C13H17NO2. The molecule has 2 N–H and O–H groups in total. The normalized spacial score (nSPS) is 21.4. The Kier molecular flexibility index (Phi) is 3.57. The molecule has 0 aliphatic carbocycles. The third-order valence-electron chi connectivity index (χ3n) is 3.18. The van der Waals surface area contributed by atoms with E-state index >= 15 is 0 Å². The number of carboxylic acid groups (broad SMARTS) is 1. The van der Waals surface area contributed by atoms with E-state index < -0.39 is 5.97 Å². The molecule has 3 heteroatoms. The summed E-state index contributed by atoms with van der Waals surface area (Å²) in [6.07, 6.45) is 3.42. The van der Waals surface area contributed by atoms with Crippen LogP contribution in [0.3, 0.4) is 0 Å². The molecule has 3 nitrogen and oxygen atoms in total. The van der Waals surface area contributed by atoms with Gasteiger partial charge in [-0.25, -0.2) is 4.79 Å². The third kappa shape index (κ3) is 2.61. The predicted molar refractivity (Wildman–Crippen MR) is 62.9 cm³/mol. The highest BCUT2D eigenvalue weighted by molar-refractivity contribution is 5.87. The first-order chi connectivity index (χ1) is 7.77. The average molecular weight is 219 g/mol. The quantitative estimate of drug-likeness (QED) is 0.802. The lowest BCUT2D eigenvalue weighted by Gasteiger charge is -2.14. The third-order valence-corrected chi connectivity index (χ3v) is 3.18. The van der Waals surface area contributed by atoms with E-state index in [1.807, 2.05) is 18.2 Å². The van der Waals surface area contributed by atoms with Crippen LogP contribution in [0, 0.1) is 0 Å². The number of aromatic carboxylic acids is 1. The lowest BCUT2D eigenvalue weighted by Crippen LogP contribution is -2.13. The number of benzene rings is 1. The first-order valence-electron chi connectivity index (χ1n) is 5.81. The Morgan fingerprint density at radius 1 is 1.31 bits per heavy atom. The summed E-state index contributed by atoms with van der Waals surface area (Å²) in [4.78, 5) is 10.9. The van der Waals surface area contributed by atoms with Crippen molar-refractivity contribution in [1.29, 1.82) is 0 Å². The van der Waals surface area contributed by atoms with Gasteiger partial charge in [0.1, 0.15) is 0 Å². The van der Waals surface area contributed by atoms with Crippen molar-refractivity contribution in [2.45, 2.75) is 25.2 Å². The summed E-state index contributed by atoms with van der Waals surface area (Å²) >= 11 is 0. The number of carbonyl (C=O) groups is 1. The molecule has 1 atom stereocenters. The molecule has 1 aromatic carbocycles. The molecule has 86 valence electrons. The lowest BCUT2D eigenvalue weighted by atomic mass is 9.91. The van der Waals surface area contributed by atoms with Gasteiger partial charge in [-0.15, -0.1) is 0 Å². The van der Waals surface area contributed by atoms with Gasteiger partial charge in [0, 0.05) is 0 Å². The fourth-order valence-electron chi connectivity index (χ4n) is 2.28. The van der Waals surface area contributed by atoms with E-state index in [9.17, 15) is 4.79 Å². The van der Waals surface area contributed by atoms with Crippen molar-refractivity contribution in [2.24, 2.45) is 0 Å². The van der Waals surface area contributed by atoms with Gasteiger partial charge in [-0.2, -0.15) is 0 Å². The Labute approximate surface area is 95.5 Å². The van der Waals surface area contributed by atoms with Crippen molar-refractivity contribution >= 4 is 5.97 Å². The van der Waals surface area contributed by atoms with Crippen molar-refractivity contribution in [3.05, 3.63) is 35.4 Å².